The van der Waals surface area contributed by atoms with Crippen LogP contribution in [0, 0.1) is 10.1 Å². The maximum absolute atomic E-state index is 13.0. The van der Waals surface area contributed by atoms with Crippen LogP contribution in [0.25, 0.3) is 0 Å². The topological polar surface area (TPSA) is 75.9 Å². The molecule has 7 nitrogen and oxygen atoms in total. The van der Waals surface area contributed by atoms with Gasteiger partial charge in [0.15, 0.2) is 5.60 Å². The molecule has 1 aliphatic rings. The van der Waals surface area contributed by atoms with Gasteiger partial charge in [0, 0.05) is 32.2 Å². The number of nitro benzene ring substituents is 1. The Labute approximate surface area is 168 Å². The molecule has 2 aromatic rings. The number of ether oxygens (including phenoxy) is 1. The fourth-order valence-electron chi connectivity index (χ4n) is 3.31. The SMILES string of the molecule is CC(C)(Oc1ccccc1)C(=O)N1CCN(c2c(Cl)cccc2[N+](=O)[O-])CC1. The summed E-state index contributed by atoms with van der Waals surface area (Å²) in [6.45, 7) is 5.27. The summed E-state index contributed by atoms with van der Waals surface area (Å²) < 4.78 is 5.88. The first-order valence-corrected chi connectivity index (χ1v) is 9.38. The number of piperazine rings is 1. The number of nitro groups is 1. The van der Waals surface area contributed by atoms with E-state index in [-0.39, 0.29) is 11.6 Å². The van der Waals surface area contributed by atoms with Crippen molar-refractivity contribution in [1.29, 1.82) is 0 Å². The number of carbonyl (C=O) groups excluding carboxylic acids is 1. The predicted molar refractivity (Wildman–Crippen MR) is 108 cm³/mol. The van der Waals surface area contributed by atoms with Crippen LogP contribution in [0.4, 0.5) is 11.4 Å². The molecule has 2 aromatic carbocycles. The summed E-state index contributed by atoms with van der Waals surface area (Å²) in [7, 11) is 0. The van der Waals surface area contributed by atoms with Gasteiger partial charge >= 0.3 is 0 Å². The van der Waals surface area contributed by atoms with Crippen molar-refractivity contribution < 1.29 is 14.5 Å². The maximum Gasteiger partial charge on any atom is 0.294 e. The van der Waals surface area contributed by atoms with E-state index in [2.05, 4.69) is 0 Å². The Kier molecular flexibility index (Phi) is 5.74. The van der Waals surface area contributed by atoms with Crippen LogP contribution in [0.3, 0.4) is 0 Å². The Bertz CT molecular complexity index is 865. The van der Waals surface area contributed by atoms with Crippen LogP contribution in [0.5, 0.6) is 5.75 Å². The molecule has 1 heterocycles. The van der Waals surface area contributed by atoms with E-state index in [1.807, 2.05) is 35.2 Å². The van der Waals surface area contributed by atoms with Crippen molar-refractivity contribution >= 4 is 28.9 Å². The van der Waals surface area contributed by atoms with Crippen LogP contribution in [0.2, 0.25) is 5.02 Å². The first-order chi connectivity index (χ1) is 13.3. The van der Waals surface area contributed by atoms with E-state index in [4.69, 9.17) is 16.3 Å². The maximum atomic E-state index is 13.0. The Morgan fingerprint density at radius 2 is 1.71 bits per heavy atom. The highest BCUT2D eigenvalue weighted by Crippen LogP contribution is 2.36. The zero-order valence-electron chi connectivity index (χ0n) is 15.8. The highest BCUT2D eigenvalue weighted by Gasteiger charge is 2.36. The number of rotatable bonds is 5. The average molecular weight is 404 g/mol. The number of carbonyl (C=O) groups is 1. The molecule has 148 valence electrons. The summed E-state index contributed by atoms with van der Waals surface area (Å²) in [5.41, 5.74) is -0.638. The largest absolute Gasteiger partial charge is 0.478 e. The van der Waals surface area contributed by atoms with E-state index in [9.17, 15) is 14.9 Å². The number of hydrogen-bond donors (Lipinski definition) is 0. The Morgan fingerprint density at radius 3 is 2.32 bits per heavy atom. The molecule has 28 heavy (non-hydrogen) atoms. The normalized spacial score (nSPS) is 14.7. The van der Waals surface area contributed by atoms with Crippen LogP contribution < -0.4 is 9.64 Å². The molecule has 0 aromatic heterocycles. The lowest BCUT2D eigenvalue weighted by molar-refractivity contribution is -0.384. The van der Waals surface area contributed by atoms with Gasteiger partial charge in [-0.1, -0.05) is 35.9 Å². The second kappa shape index (κ2) is 8.06. The van der Waals surface area contributed by atoms with Gasteiger partial charge in [-0.25, -0.2) is 0 Å². The summed E-state index contributed by atoms with van der Waals surface area (Å²) >= 11 is 6.22. The molecule has 0 N–H and O–H groups in total. The van der Waals surface area contributed by atoms with E-state index >= 15 is 0 Å². The Hall–Kier alpha value is -2.80. The molecule has 0 unspecified atom stereocenters. The summed E-state index contributed by atoms with van der Waals surface area (Å²) in [6, 6.07) is 13.8. The first kappa shape index (κ1) is 19.9. The number of benzene rings is 2. The van der Waals surface area contributed by atoms with Gasteiger partial charge in [-0.3, -0.25) is 14.9 Å². The fraction of sp³-hybridized carbons (Fsp3) is 0.350. The number of amides is 1. The third kappa shape index (κ3) is 4.20. The van der Waals surface area contributed by atoms with Gasteiger partial charge in [0.25, 0.3) is 11.6 Å². The van der Waals surface area contributed by atoms with Gasteiger partial charge in [-0.15, -0.1) is 0 Å². The fourth-order valence-corrected chi connectivity index (χ4v) is 3.59. The third-order valence-corrected chi connectivity index (χ3v) is 4.98. The third-order valence-electron chi connectivity index (χ3n) is 4.68. The van der Waals surface area contributed by atoms with Crippen molar-refractivity contribution in [3.8, 4) is 5.75 Å². The van der Waals surface area contributed by atoms with Gasteiger partial charge in [0.2, 0.25) is 0 Å². The molecule has 1 fully saturated rings. The van der Waals surface area contributed by atoms with E-state index in [0.717, 1.165) is 0 Å². The van der Waals surface area contributed by atoms with Gasteiger partial charge < -0.3 is 14.5 Å². The summed E-state index contributed by atoms with van der Waals surface area (Å²) in [6.07, 6.45) is 0. The van der Waals surface area contributed by atoms with Crippen LogP contribution in [0.1, 0.15) is 13.8 Å². The number of hydrogen-bond acceptors (Lipinski definition) is 5. The predicted octanol–water partition coefficient (Wildman–Crippen LogP) is 3.75. The van der Waals surface area contributed by atoms with Crippen LogP contribution in [-0.2, 0) is 4.79 Å². The molecule has 0 spiro atoms. The zero-order valence-corrected chi connectivity index (χ0v) is 16.6. The van der Waals surface area contributed by atoms with Gasteiger partial charge in [0.05, 0.1) is 9.95 Å². The van der Waals surface area contributed by atoms with E-state index < -0.39 is 10.5 Å². The highest BCUT2D eigenvalue weighted by atomic mass is 35.5. The molecular weight excluding hydrogens is 382 g/mol. The molecule has 0 saturated carbocycles. The Morgan fingerprint density at radius 1 is 1.07 bits per heavy atom. The Balaban J connectivity index is 1.69. The van der Waals surface area contributed by atoms with Crippen molar-refractivity contribution in [1.82, 2.24) is 4.90 Å². The second-order valence-corrected chi connectivity index (χ2v) is 7.48. The minimum Gasteiger partial charge on any atom is -0.478 e. The van der Waals surface area contributed by atoms with Crippen molar-refractivity contribution in [2.45, 2.75) is 19.4 Å². The molecule has 0 atom stereocenters. The number of para-hydroxylation sites is 2. The molecule has 1 saturated heterocycles. The first-order valence-electron chi connectivity index (χ1n) is 9.01. The highest BCUT2D eigenvalue weighted by molar-refractivity contribution is 6.33. The van der Waals surface area contributed by atoms with Crippen molar-refractivity contribution in [2.75, 3.05) is 31.1 Å². The second-order valence-electron chi connectivity index (χ2n) is 7.07. The average Bonchev–Trinajstić information content (AvgIpc) is 2.68. The number of nitrogens with zero attached hydrogens (tertiary/aromatic N) is 3. The lowest BCUT2D eigenvalue weighted by atomic mass is 10.1. The summed E-state index contributed by atoms with van der Waals surface area (Å²) in [4.78, 5) is 27.4. The van der Waals surface area contributed by atoms with Crippen LogP contribution in [0.15, 0.2) is 48.5 Å². The van der Waals surface area contributed by atoms with Gasteiger partial charge in [0.1, 0.15) is 11.4 Å². The lowest BCUT2D eigenvalue weighted by Gasteiger charge is -2.39. The van der Waals surface area contributed by atoms with Crippen LogP contribution >= 0.6 is 11.6 Å². The lowest BCUT2D eigenvalue weighted by Crippen LogP contribution is -2.55. The quantitative estimate of drug-likeness (QED) is 0.561. The molecule has 1 aliphatic heterocycles. The van der Waals surface area contributed by atoms with Crippen molar-refractivity contribution in [3.05, 3.63) is 63.7 Å². The molecule has 3 rings (SSSR count). The van der Waals surface area contributed by atoms with E-state index in [1.165, 1.54) is 6.07 Å². The minimum absolute atomic E-state index is 0.0278. The van der Waals surface area contributed by atoms with Gasteiger partial charge in [-0.2, -0.15) is 0 Å². The van der Waals surface area contributed by atoms with Gasteiger partial charge in [-0.05, 0) is 32.0 Å². The molecule has 0 bridgehead atoms. The molecular formula is C20H22ClN3O4. The van der Waals surface area contributed by atoms with Crippen molar-refractivity contribution in [3.63, 3.8) is 0 Å². The molecule has 0 aliphatic carbocycles. The number of halogens is 1. The smallest absolute Gasteiger partial charge is 0.294 e. The standard InChI is InChI=1S/C20H22ClN3O4/c1-20(2,28-15-7-4-3-5-8-15)19(25)23-13-11-22(12-14-23)18-16(21)9-6-10-17(18)24(26)27/h3-10H,11-14H2,1-2H3. The minimum atomic E-state index is -1.01. The van der Waals surface area contributed by atoms with Crippen LogP contribution in [-0.4, -0.2) is 47.5 Å². The molecule has 1 amide bonds. The zero-order chi connectivity index (χ0) is 20.3. The van der Waals surface area contributed by atoms with E-state index in [0.29, 0.717) is 42.6 Å². The summed E-state index contributed by atoms with van der Waals surface area (Å²) in [5, 5.41) is 11.7. The number of anilines is 1. The molecule has 0 radical (unpaired) electrons. The molecule has 8 heteroatoms. The monoisotopic (exact) mass is 403 g/mol. The van der Waals surface area contributed by atoms with E-state index in [1.54, 1.807) is 30.9 Å². The summed E-state index contributed by atoms with van der Waals surface area (Å²) in [5.74, 6) is 0.510. The van der Waals surface area contributed by atoms with Crippen molar-refractivity contribution in [2.24, 2.45) is 0 Å².